The van der Waals surface area contributed by atoms with Crippen LogP contribution in [0.15, 0.2) is 66.4 Å². The van der Waals surface area contributed by atoms with E-state index in [0.717, 1.165) is 22.7 Å². The summed E-state index contributed by atoms with van der Waals surface area (Å²) in [6.07, 6.45) is 5.18. The van der Waals surface area contributed by atoms with Crippen LogP contribution in [0.25, 0.3) is 6.08 Å². The molecule has 1 heterocycles. The van der Waals surface area contributed by atoms with Crippen molar-refractivity contribution in [2.75, 3.05) is 19.1 Å². The highest BCUT2D eigenvalue weighted by Crippen LogP contribution is 2.46. The molecule has 2 aromatic rings. The number of likely N-dealkylation sites (N-methyl/N-ethyl adjacent to an activating group) is 1. The van der Waals surface area contributed by atoms with Gasteiger partial charge in [-0.2, -0.15) is 0 Å². The van der Waals surface area contributed by atoms with E-state index in [1.54, 1.807) is 19.3 Å². The average Bonchev–Trinajstić information content (AvgIpc) is 2.82. The van der Waals surface area contributed by atoms with Gasteiger partial charge in [-0.1, -0.05) is 50.3 Å². The minimum Gasteiger partial charge on any atom is -0.497 e. The molecule has 128 valence electrons. The number of rotatable bonds is 4. The molecule has 0 atom stereocenters. The summed E-state index contributed by atoms with van der Waals surface area (Å²) in [5.41, 5.74) is 4.20. The summed E-state index contributed by atoms with van der Waals surface area (Å²) in [5, 5.41) is 0. The van der Waals surface area contributed by atoms with Gasteiger partial charge in [0.1, 0.15) is 5.75 Å². The van der Waals surface area contributed by atoms with Gasteiger partial charge in [0.25, 0.3) is 0 Å². The Balaban J connectivity index is 1.82. The number of anilines is 1. The molecular weight excluding hydrogens is 310 g/mol. The number of carbonyl (C=O) groups excluding carboxylic acids is 1. The van der Waals surface area contributed by atoms with Crippen molar-refractivity contribution >= 4 is 17.5 Å². The number of para-hydroxylation sites is 1. The molecule has 25 heavy (non-hydrogen) atoms. The second-order valence-electron chi connectivity index (χ2n) is 6.74. The summed E-state index contributed by atoms with van der Waals surface area (Å²) in [7, 11) is 3.65. The largest absolute Gasteiger partial charge is 0.497 e. The number of nitrogens with zero attached hydrogens (tertiary/aromatic N) is 1. The molecular formula is C22H23NO2. The lowest BCUT2D eigenvalue weighted by Crippen LogP contribution is -2.23. The predicted molar refractivity (Wildman–Crippen MR) is 103 cm³/mol. The average molecular weight is 333 g/mol. The second kappa shape index (κ2) is 6.60. The van der Waals surface area contributed by atoms with Gasteiger partial charge in [-0.15, -0.1) is 0 Å². The molecule has 0 N–H and O–H groups in total. The second-order valence-corrected chi connectivity index (χ2v) is 6.74. The first-order chi connectivity index (χ1) is 11.9. The van der Waals surface area contributed by atoms with Crippen molar-refractivity contribution in [3.05, 3.63) is 77.5 Å². The lowest BCUT2D eigenvalue weighted by Gasteiger charge is -2.23. The fraction of sp³-hybridized carbons (Fsp3) is 0.227. The van der Waals surface area contributed by atoms with Crippen LogP contribution in [0.1, 0.15) is 25.0 Å². The molecule has 0 bridgehead atoms. The third-order valence-electron chi connectivity index (χ3n) is 4.78. The SMILES string of the molecule is COc1ccc(/C=C/C(=O)/C=C2/N(C)c3ccccc3C2(C)C)cc1. The number of hydrogen-bond donors (Lipinski definition) is 0. The van der Waals surface area contributed by atoms with E-state index < -0.39 is 0 Å². The van der Waals surface area contributed by atoms with Gasteiger partial charge < -0.3 is 9.64 Å². The maximum absolute atomic E-state index is 12.5. The number of hydrogen-bond acceptors (Lipinski definition) is 3. The Labute approximate surface area is 149 Å². The van der Waals surface area contributed by atoms with E-state index in [2.05, 4.69) is 30.9 Å². The minimum absolute atomic E-state index is 0.0152. The monoisotopic (exact) mass is 333 g/mol. The van der Waals surface area contributed by atoms with Crippen molar-refractivity contribution in [3.8, 4) is 5.75 Å². The van der Waals surface area contributed by atoms with Crippen molar-refractivity contribution in [2.24, 2.45) is 0 Å². The fourth-order valence-electron chi connectivity index (χ4n) is 3.34. The lowest BCUT2D eigenvalue weighted by molar-refractivity contribution is -0.110. The third kappa shape index (κ3) is 3.22. The Hall–Kier alpha value is -2.81. The normalized spacial score (nSPS) is 17.1. The molecule has 0 aromatic heterocycles. The van der Waals surface area contributed by atoms with Crippen LogP contribution < -0.4 is 9.64 Å². The number of methoxy groups -OCH3 is 1. The van der Waals surface area contributed by atoms with Crippen LogP contribution in [0.2, 0.25) is 0 Å². The Morgan fingerprint density at radius 3 is 2.40 bits per heavy atom. The fourth-order valence-corrected chi connectivity index (χ4v) is 3.34. The lowest BCUT2D eigenvalue weighted by atomic mass is 9.83. The number of ether oxygens (including phenoxy) is 1. The van der Waals surface area contributed by atoms with Crippen LogP contribution >= 0.6 is 0 Å². The molecule has 0 aliphatic carbocycles. The standard InChI is InChI=1S/C22H23NO2/c1-22(2)19-7-5-6-8-20(19)23(3)21(22)15-17(24)12-9-16-10-13-18(25-4)14-11-16/h5-15H,1-4H3/b12-9+,21-15+. The zero-order valence-electron chi connectivity index (χ0n) is 15.1. The summed E-state index contributed by atoms with van der Waals surface area (Å²) < 4.78 is 5.14. The van der Waals surface area contributed by atoms with Crippen LogP contribution in [0.5, 0.6) is 5.75 Å². The van der Waals surface area contributed by atoms with Gasteiger partial charge in [0.15, 0.2) is 5.78 Å². The summed E-state index contributed by atoms with van der Waals surface area (Å²) in [6, 6.07) is 15.9. The highest BCUT2D eigenvalue weighted by molar-refractivity contribution is 6.03. The van der Waals surface area contributed by atoms with E-state index in [-0.39, 0.29) is 11.2 Å². The maximum atomic E-state index is 12.5. The summed E-state index contributed by atoms with van der Waals surface area (Å²) >= 11 is 0. The van der Waals surface area contributed by atoms with Crippen molar-refractivity contribution in [1.82, 2.24) is 0 Å². The van der Waals surface area contributed by atoms with E-state index in [4.69, 9.17) is 4.74 Å². The molecule has 0 amide bonds. The number of ketones is 1. The Kier molecular flexibility index (Phi) is 4.49. The zero-order chi connectivity index (χ0) is 18.0. The number of allylic oxidation sites excluding steroid dienone is 3. The van der Waals surface area contributed by atoms with Crippen molar-refractivity contribution in [1.29, 1.82) is 0 Å². The molecule has 3 nitrogen and oxygen atoms in total. The van der Waals surface area contributed by atoms with Crippen LogP contribution in [-0.4, -0.2) is 19.9 Å². The topological polar surface area (TPSA) is 29.5 Å². The van der Waals surface area contributed by atoms with E-state index in [0.29, 0.717) is 0 Å². The summed E-state index contributed by atoms with van der Waals surface area (Å²) in [5.74, 6) is 0.788. The van der Waals surface area contributed by atoms with E-state index in [9.17, 15) is 4.79 Å². The molecule has 1 aliphatic rings. The van der Waals surface area contributed by atoms with Gasteiger partial charge in [0.05, 0.1) is 7.11 Å². The zero-order valence-corrected chi connectivity index (χ0v) is 15.1. The molecule has 0 unspecified atom stereocenters. The van der Waals surface area contributed by atoms with Gasteiger partial charge >= 0.3 is 0 Å². The van der Waals surface area contributed by atoms with E-state index in [1.165, 1.54) is 5.56 Å². The molecule has 0 radical (unpaired) electrons. The highest BCUT2D eigenvalue weighted by Gasteiger charge is 2.38. The van der Waals surface area contributed by atoms with Gasteiger partial charge in [-0.05, 0) is 35.4 Å². The molecule has 0 fully saturated rings. The van der Waals surface area contributed by atoms with Crippen LogP contribution in [0.3, 0.4) is 0 Å². The molecule has 0 saturated carbocycles. The highest BCUT2D eigenvalue weighted by atomic mass is 16.5. The van der Waals surface area contributed by atoms with Crippen LogP contribution in [0.4, 0.5) is 5.69 Å². The molecule has 0 saturated heterocycles. The number of fused-ring (bicyclic) bond motifs is 1. The van der Waals surface area contributed by atoms with Gasteiger partial charge in [-0.25, -0.2) is 0 Å². The third-order valence-corrected chi connectivity index (χ3v) is 4.78. The smallest absolute Gasteiger partial charge is 0.180 e. The van der Waals surface area contributed by atoms with Crippen molar-refractivity contribution in [3.63, 3.8) is 0 Å². The first-order valence-electron chi connectivity index (χ1n) is 8.35. The first-order valence-corrected chi connectivity index (χ1v) is 8.35. The van der Waals surface area contributed by atoms with Crippen LogP contribution in [0, 0.1) is 0 Å². The Morgan fingerprint density at radius 2 is 1.76 bits per heavy atom. The van der Waals surface area contributed by atoms with Crippen molar-refractivity contribution < 1.29 is 9.53 Å². The van der Waals surface area contributed by atoms with Gasteiger partial charge in [-0.3, -0.25) is 4.79 Å². The van der Waals surface area contributed by atoms with E-state index in [1.807, 2.05) is 49.5 Å². The van der Waals surface area contributed by atoms with Gasteiger partial charge in [0, 0.05) is 29.9 Å². The quantitative estimate of drug-likeness (QED) is 0.767. The van der Waals surface area contributed by atoms with Crippen LogP contribution in [-0.2, 0) is 10.2 Å². The maximum Gasteiger partial charge on any atom is 0.180 e. The van der Waals surface area contributed by atoms with Crippen molar-refractivity contribution in [2.45, 2.75) is 19.3 Å². The molecule has 3 heteroatoms. The van der Waals surface area contributed by atoms with E-state index >= 15 is 0 Å². The number of carbonyl (C=O) groups is 1. The molecule has 2 aromatic carbocycles. The Morgan fingerprint density at radius 1 is 1.08 bits per heavy atom. The number of benzene rings is 2. The minimum atomic E-state index is -0.186. The molecule has 1 aliphatic heterocycles. The summed E-state index contributed by atoms with van der Waals surface area (Å²) in [6.45, 7) is 4.31. The Bertz CT molecular complexity index is 845. The molecule has 3 rings (SSSR count). The predicted octanol–water partition coefficient (Wildman–Crippen LogP) is 4.59. The molecule has 0 spiro atoms. The van der Waals surface area contributed by atoms with Gasteiger partial charge in [0.2, 0.25) is 0 Å². The first kappa shape index (κ1) is 17.0. The summed E-state index contributed by atoms with van der Waals surface area (Å²) in [4.78, 5) is 14.6.